The Bertz CT molecular complexity index is 991. The molecule has 0 bridgehead atoms. The Hall–Kier alpha value is -4.20. The predicted molar refractivity (Wildman–Crippen MR) is 105 cm³/mol. The summed E-state index contributed by atoms with van der Waals surface area (Å²) in [5, 5.41) is 9.84. The average Bonchev–Trinajstić information content (AvgIpc) is 3.18. The van der Waals surface area contributed by atoms with E-state index in [-0.39, 0.29) is 36.8 Å². The number of hydrogen-bond acceptors (Lipinski definition) is 5. The van der Waals surface area contributed by atoms with Crippen LogP contribution in [0.2, 0.25) is 0 Å². The second-order valence-corrected chi connectivity index (χ2v) is 5.64. The highest BCUT2D eigenvalue weighted by atomic mass is 16.2. The molecule has 4 amide bonds. The van der Waals surface area contributed by atoms with Gasteiger partial charge in [-0.2, -0.15) is 0 Å². The van der Waals surface area contributed by atoms with Crippen molar-refractivity contribution in [1.82, 2.24) is 10.2 Å². The highest BCUT2D eigenvalue weighted by Gasteiger charge is 2.34. The lowest BCUT2D eigenvalue weighted by atomic mass is 10.1. The number of aliphatic hydroxyl groups excluding tert-OH is 1. The number of rotatable bonds is 1. The summed E-state index contributed by atoms with van der Waals surface area (Å²) in [6.45, 7) is -0.119. The number of nitrogens with one attached hydrogen (secondary N) is 1. The third-order valence-corrected chi connectivity index (χ3v) is 3.86. The van der Waals surface area contributed by atoms with Crippen LogP contribution < -0.4 is 5.32 Å². The number of carbonyl (C=O) groups excluding carboxylic acids is 4. The van der Waals surface area contributed by atoms with E-state index in [1.54, 1.807) is 48.5 Å². The minimum atomic E-state index is -0.302. The van der Waals surface area contributed by atoms with Gasteiger partial charge in [-0.3, -0.25) is 29.4 Å². The van der Waals surface area contributed by atoms with Gasteiger partial charge in [0.15, 0.2) is 0 Å². The van der Waals surface area contributed by atoms with Crippen molar-refractivity contribution in [1.29, 1.82) is 0 Å². The van der Waals surface area contributed by atoms with Crippen molar-refractivity contribution in [3.05, 3.63) is 70.8 Å². The van der Waals surface area contributed by atoms with E-state index in [1.807, 2.05) is 5.92 Å². The summed E-state index contributed by atoms with van der Waals surface area (Å²) in [7, 11) is 0. The second-order valence-electron chi connectivity index (χ2n) is 5.64. The maximum absolute atomic E-state index is 11.6. The van der Waals surface area contributed by atoms with Crippen molar-refractivity contribution in [2.45, 2.75) is 0 Å². The molecule has 7 heteroatoms. The van der Waals surface area contributed by atoms with Gasteiger partial charge in [-0.25, -0.2) is 0 Å². The first-order chi connectivity index (χ1) is 14.0. The first-order valence-corrected chi connectivity index (χ1v) is 8.34. The van der Waals surface area contributed by atoms with Crippen LogP contribution in [-0.2, 0) is 0 Å². The van der Waals surface area contributed by atoms with Gasteiger partial charge in [0.2, 0.25) is 0 Å². The molecule has 4 rings (SSSR count). The van der Waals surface area contributed by atoms with E-state index in [1.165, 1.54) is 0 Å². The summed E-state index contributed by atoms with van der Waals surface area (Å²) in [4.78, 5) is 46.2. The number of imide groups is 2. The van der Waals surface area contributed by atoms with E-state index in [9.17, 15) is 19.2 Å². The van der Waals surface area contributed by atoms with Crippen LogP contribution >= 0.6 is 0 Å². The number of hydrogen-bond donors (Lipinski definition) is 2. The third-order valence-electron chi connectivity index (χ3n) is 3.86. The Kier molecular flexibility index (Phi) is 7.03. The highest BCUT2D eigenvalue weighted by Crippen LogP contribution is 2.21. The van der Waals surface area contributed by atoms with Gasteiger partial charge in [-0.15, -0.1) is 12.8 Å². The maximum Gasteiger partial charge on any atom is 0.262 e. The zero-order chi connectivity index (χ0) is 21.4. The molecular weight excluding hydrogens is 372 g/mol. The second kappa shape index (κ2) is 9.65. The predicted octanol–water partition coefficient (Wildman–Crippen LogP) is 1.10. The van der Waals surface area contributed by atoms with Gasteiger partial charge in [-0.1, -0.05) is 36.1 Å². The molecule has 0 unspecified atom stereocenters. The van der Waals surface area contributed by atoms with Gasteiger partial charge in [0.05, 0.1) is 28.8 Å². The fraction of sp³-hybridized carbons (Fsp3) is 0.0909. The average molecular weight is 388 g/mol. The molecular formula is C22H16N2O5. The molecule has 0 atom stereocenters. The Morgan fingerprint density at radius 2 is 1.14 bits per heavy atom. The summed E-state index contributed by atoms with van der Waals surface area (Å²) in [5.41, 5.74) is 1.82. The van der Waals surface area contributed by atoms with Crippen molar-refractivity contribution in [2.24, 2.45) is 0 Å². The van der Waals surface area contributed by atoms with Crippen molar-refractivity contribution >= 4 is 23.6 Å². The normalized spacial score (nSPS) is 13.0. The number of terminal acetylenes is 2. The molecule has 7 nitrogen and oxygen atoms in total. The first-order valence-electron chi connectivity index (χ1n) is 8.34. The van der Waals surface area contributed by atoms with Gasteiger partial charge in [-0.05, 0) is 24.3 Å². The zero-order valence-electron chi connectivity index (χ0n) is 15.2. The summed E-state index contributed by atoms with van der Waals surface area (Å²) < 4.78 is 0. The van der Waals surface area contributed by atoms with E-state index in [0.717, 1.165) is 4.90 Å². The van der Waals surface area contributed by atoms with E-state index >= 15 is 0 Å². The highest BCUT2D eigenvalue weighted by molar-refractivity contribution is 6.22. The molecule has 0 saturated carbocycles. The standard InChI is InChI=1S/C11H7NO2.C8H5NO2.C3H4O/c1-2-7-12-10(13)8-5-3-4-6-9(8)11(12)14;10-7-5-3-1-2-4-6(5)8(11)9-7;1-2-3-4/h1,3-6H,7H2;1-4H,(H,9,10,11);1,4H,3H2. The molecule has 0 radical (unpaired) electrons. The zero-order valence-corrected chi connectivity index (χ0v) is 15.2. The minimum Gasteiger partial charge on any atom is -0.384 e. The fourth-order valence-electron chi connectivity index (χ4n) is 2.59. The number of nitrogens with zero attached hydrogens (tertiary/aromatic N) is 1. The van der Waals surface area contributed by atoms with Crippen molar-refractivity contribution in [2.75, 3.05) is 13.2 Å². The van der Waals surface area contributed by atoms with Crippen LogP contribution in [0.3, 0.4) is 0 Å². The number of carbonyl (C=O) groups is 4. The summed E-state index contributed by atoms with van der Waals surface area (Å²) in [6.07, 6.45) is 9.60. The van der Waals surface area contributed by atoms with Gasteiger partial charge in [0.25, 0.3) is 23.6 Å². The minimum absolute atomic E-state index is 0.0341. The first kappa shape index (κ1) is 21.1. The van der Waals surface area contributed by atoms with Crippen LogP contribution in [0.25, 0.3) is 0 Å². The lowest BCUT2D eigenvalue weighted by Crippen LogP contribution is -2.29. The lowest BCUT2D eigenvalue weighted by molar-refractivity contribution is 0.0673. The molecule has 2 N–H and O–H groups in total. The van der Waals surface area contributed by atoms with Crippen molar-refractivity contribution < 1.29 is 24.3 Å². The Balaban J connectivity index is 0.000000179. The van der Waals surface area contributed by atoms with Crippen LogP contribution in [0.5, 0.6) is 0 Å². The van der Waals surface area contributed by atoms with Crippen LogP contribution in [-0.4, -0.2) is 46.8 Å². The van der Waals surface area contributed by atoms with Crippen LogP contribution in [0, 0.1) is 24.7 Å². The van der Waals surface area contributed by atoms with Crippen LogP contribution in [0.1, 0.15) is 41.4 Å². The smallest absolute Gasteiger partial charge is 0.262 e. The SMILES string of the molecule is C#CCN1C(=O)c2ccccc2C1=O.C#CCO.O=C1NC(=O)c2ccccc21. The monoisotopic (exact) mass is 388 g/mol. The Labute approximate surface area is 167 Å². The van der Waals surface area contributed by atoms with Gasteiger partial charge < -0.3 is 5.11 Å². The molecule has 0 saturated heterocycles. The molecule has 29 heavy (non-hydrogen) atoms. The molecule has 0 fully saturated rings. The van der Waals surface area contributed by atoms with Crippen LogP contribution in [0.4, 0.5) is 0 Å². The third kappa shape index (κ3) is 4.56. The number of aliphatic hydroxyl groups is 1. The molecule has 2 aromatic rings. The molecule has 2 aliphatic heterocycles. The van der Waals surface area contributed by atoms with Gasteiger partial charge in [0.1, 0.15) is 6.61 Å². The topological polar surface area (TPSA) is 104 Å². The van der Waals surface area contributed by atoms with Gasteiger partial charge >= 0.3 is 0 Å². The number of amides is 4. The molecule has 0 aliphatic carbocycles. The molecule has 2 aromatic carbocycles. The fourth-order valence-corrected chi connectivity index (χ4v) is 2.59. The van der Waals surface area contributed by atoms with Crippen molar-refractivity contribution in [3.63, 3.8) is 0 Å². The van der Waals surface area contributed by atoms with Crippen LogP contribution in [0.15, 0.2) is 48.5 Å². The summed E-state index contributed by atoms with van der Waals surface area (Å²) in [6, 6.07) is 13.4. The summed E-state index contributed by atoms with van der Waals surface area (Å²) >= 11 is 0. The van der Waals surface area contributed by atoms with Crippen molar-refractivity contribution in [3.8, 4) is 24.7 Å². The van der Waals surface area contributed by atoms with Gasteiger partial charge in [0, 0.05) is 0 Å². The van der Waals surface area contributed by atoms with E-state index in [4.69, 9.17) is 11.5 Å². The largest absolute Gasteiger partial charge is 0.384 e. The van der Waals surface area contributed by atoms with E-state index in [0.29, 0.717) is 22.3 Å². The molecule has 144 valence electrons. The molecule has 2 aliphatic rings. The van der Waals surface area contributed by atoms with E-state index in [2.05, 4.69) is 17.7 Å². The molecule has 0 aromatic heterocycles. The molecule has 2 heterocycles. The Morgan fingerprint density at radius 1 is 0.759 bits per heavy atom. The lowest BCUT2D eigenvalue weighted by Gasteiger charge is -2.08. The number of fused-ring (bicyclic) bond motifs is 2. The number of benzene rings is 2. The molecule has 0 spiro atoms. The quantitative estimate of drug-likeness (QED) is 0.562. The maximum atomic E-state index is 11.6. The Morgan fingerprint density at radius 3 is 1.48 bits per heavy atom. The van der Waals surface area contributed by atoms with E-state index < -0.39 is 0 Å². The summed E-state index contributed by atoms with van der Waals surface area (Å²) in [5.74, 6) is 3.07.